The zero-order valence-corrected chi connectivity index (χ0v) is 20.2. The second-order valence-electron chi connectivity index (χ2n) is 8.37. The minimum Gasteiger partial charge on any atom is -0.462 e. The predicted octanol–water partition coefficient (Wildman–Crippen LogP) is -1.21. The molecule has 2 amide bonds. The molecule has 0 bridgehead atoms. The lowest BCUT2D eigenvalue weighted by Crippen LogP contribution is -2.60. The fourth-order valence-electron chi connectivity index (χ4n) is 3.57. The van der Waals surface area contributed by atoms with E-state index in [-0.39, 0.29) is 17.9 Å². The average molecular weight is 522 g/mol. The number of rotatable bonds is 10. The van der Waals surface area contributed by atoms with Crippen LogP contribution in [0.15, 0.2) is 54.6 Å². The number of anilines is 1. The van der Waals surface area contributed by atoms with E-state index >= 15 is 0 Å². The number of hydrogen-bond acceptors (Lipinski definition) is 10. The third kappa shape index (κ3) is 7.17. The number of amides is 2. The molecule has 0 spiro atoms. The number of carbonyl (C=O) groups excluding carboxylic acids is 2. The third-order valence-electron chi connectivity index (χ3n) is 5.67. The van der Waals surface area contributed by atoms with Crippen molar-refractivity contribution in [2.24, 2.45) is 5.73 Å². The molecule has 1 saturated heterocycles. The maximum absolute atomic E-state index is 13.0. The maximum atomic E-state index is 13.0. The van der Waals surface area contributed by atoms with Crippen LogP contribution in [0.3, 0.4) is 0 Å². The zero-order valence-electron chi connectivity index (χ0n) is 19.3. The van der Waals surface area contributed by atoms with Crippen LogP contribution in [0.4, 0.5) is 5.69 Å². The molecule has 3 rings (SSSR count). The lowest BCUT2D eigenvalue weighted by atomic mass is 9.99. The van der Waals surface area contributed by atoms with Gasteiger partial charge < -0.3 is 46.3 Å². The molecule has 1 heterocycles. The van der Waals surface area contributed by atoms with Gasteiger partial charge in [-0.25, -0.2) is 0 Å². The largest absolute Gasteiger partial charge is 0.462 e. The smallest absolute Gasteiger partial charge is 0.247 e. The Kier molecular flexibility index (Phi) is 10.1. The van der Waals surface area contributed by atoms with Crippen molar-refractivity contribution in [3.8, 4) is 5.75 Å². The first-order valence-electron chi connectivity index (χ1n) is 11.3. The number of aliphatic hydroxyl groups excluding tert-OH is 4. The van der Waals surface area contributed by atoms with Gasteiger partial charge in [0.1, 0.15) is 36.2 Å². The molecule has 11 nitrogen and oxygen atoms in total. The van der Waals surface area contributed by atoms with E-state index in [1.807, 2.05) is 30.3 Å². The van der Waals surface area contributed by atoms with Crippen molar-refractivity contribution >= 4 is 30.1 Å². The van der Waals surface area contributed by atoms with Crippen molar-refractivity contribution in [2.75, 3.05) is 17.7 Å². The highest BCUT2D eigenvalue weighted by molar-refractivity contribution is 7.80. The molecule has 12 heteroatoms. The molecule has 0 radical (unpaired) electrons. The van der Waals surface area contributed by atoms with E-state index in [0.717, 1.165) is 5.56 Å². The SMILES string of the molecule is N[C@@H](CS)C(=O)N[C@@H](Cc1ccccc1)C(=O)Nc1ccc(O[C@H]2O[C@H](CO)[C@@H](O)[C@H](O)[C@@H]2O)cc1. The summed E-state index contributed by atoms with van der Waals surface area (Å²) < 4.78 is 10.9. The first-order valence-corrected chi connectivity index (χ1v) is 12.0. The molecule has 0 saturated carbocycles. The zero-order chi connectivity index (χ0) is 26.2. The number of nitrogens with two attached hydrogens (primary N) is 1. The van der Waals surface area contributed by atoms with Crippen molar-refractivity contribution in [3.05, 3.63) is 60.2 Å². The number of benzene rings is 2. The van der Waals surface area contributed by atoms with Crippen molar-refractivity contribution in [3.63, 3.8) is 0 Å². The van der Waals surface area contributed by atoms with Gasteiger partial charge in [-0.3, -0.25) is 9.59 Å². The van der Waals surface area contributed by atoms with Crippen LogP contribution in [0.2, 0.25) is 0 Å². The van der Waals surface area contributed by atoms with E-state index < -0.39 is 61.2 Å². The van der Waals surface area contributed by atoms with Crippen LogP contribution in [0.5, 0.6) is 5.75 Å². The van der Waals surface area contributed by atoms with E-state index in [9.17, 15) is 30.0 Å². The summed E-state index contributed by atoms with van der Waals surface area (Å²) in [6, 6.07) is 13.5. The topological polar surface area (TPSA) is 184 Å². The first-order chi connectivity index (χ1) is 17.2. The average Bonchev–Trinajstić information content (AvgIpc) is 2.89. The number of carbonyl (C=O) groups is 2. The molecule has 1 aliphatic heterocycles. The Morgan fingerprint density at radius 2 is 1.67 bits per heavy atom. The van der Waals surface area contributed by atoms with Gasteiger partial charge >= 0.3 is 0 Å². The minimum atomic E-state index is -1.56. The Morgan fingerprint density at radius 1 is 1.00 bits per heavy atom. The van der Waals surface area contributed by atoms with Crippen LogP contribution in [-0.2, 0) is 20.7 Å². The fourth-order valence-corrected chi connectivity index (χ4v) is 3.73. The van der Waals surface area contributed by atoms with Crippen LogP contribution in [0.1, 0.15) is 5.56 Å². The van der Waals surface area contributed by atoms with Crippen molar-refractivity contribution in [1.29, 1.82) is 0 Å². The van der Waals surface area contributed by atoms with Gasteiger partial charge in [-0.15, -0.1) is 0 Å². The van der Waals surface area contributed by atoms with Crippen molar-refractivity contribution in [2.45, 2.75) is 49.2 Å². The molecule has 196 valence electrons. The van der Waals surface area contributed by atoms with Gasteiger partial charge in [-0.05, 0) is 29.8 Å². The van der Waals surface area contributed by atoms with Gasteiger partial charge in [-0.1, -0.05) is 30.3 Å². The molecule has 7 atom stereocenters. The Balaban J connectivity index is 1.66. The molecule has 0 aliphatic carbocycles. The molecule has 2 aromatic rings. The highest BCUT2D eigenvalue weighted by atomic mass is 32.1. The molecule has 1 fully saturated rings. The Labute approximate surface area is 213 Å². The molecular formula is C24H31N3O8S. The summed E-state index contributed by atoms with van der Waals surface area (Å²) in [6.45, 7) is -0.574. The van der Waals surface area contributed by atoms with Gasteiger partial charge in [0.15, 0.2) is 0 Å². The summed E-state index contributed by atoms with van der Waals surface area (Å²) in [5.41, 5.74) is 7.00. The van der Waals surface area contributed by atoms with Crippen molar-refractivity contribution in [1.82, 2.24) is 5.32 Å². The molecule has 0 aromatic heterocycles. The Morgan fingerprint density at radius 3 is 2.28 bits per heavy atom. The third-order valence-corrected chi connectivity index (χ3v) is 6.07. The molecule has 0 unspecified atom stereocenters. The number of thiol groups is 1. The fraction of sp³-hybridized carbons (Fsp3) is 0.417. The second kappa shape index (κ2) is 13.0. The van der Waals surface area contributed by atoms with Crippen LogP contribution in [0.25, 0.3) is 0 Å². The monoisotopic (exact) mass is 521 g/mol. The summed E-state index contributed by atoms with van der Waals surface area (Å²) in [7, 11) is 0. The Bertz CT molecular complexity index is 995. The first kappa shape index (κ1) is 27.9. The van der Waals surface area contributed by atoms with Gasteiger partial charge in [0.05, 0.1) is 12.6 Å². The maximum Gasteiger partial charge on any atom is 0.247 e. The van der Waals surface area contributed by atoms with E-state index in [1.165, 1.54) is 24.3 Å². The van der Waals surface area contributed by atoms with Gasteiger partial charge in [-0.2, -0.15) is 12.6 Å². The molecule has 36 heavy (non-hydrogen) atoms. The van der Waals surface area contributed by atoms with Gasteiger partial charge in [0.25, 0.3) is 0 Å². The number of ether oxygens (including phenoxy) is 2. The van der Waals surface area contributed by atoms with Gasteiger partial charge in [0, 0.05) is 17.9 Å². The number of nitrogens with one attached hydrogen (secondary N) is 2. The lowest BCUT2D eigenvalue weighted by molar-refractivity contribution is -0.277. The molecule has 2 aromatic carbocycles. The van der Waals surface area contributed by atoms with E-state index in [2.05, 4.69) is 23.3 Å². The molecule has 8 N–H and O–H groups in total. The summed E-state index contributed by atoms with van der Waals surface area (Å²) in [5.74, 6) is -0.585. The highest BCUT2D eigenvalue weighted by Crippen LogP contribution is 2.25. The number of aliphatic hydroxyl groups is 4. The van der Waals surface area contributed by atoms with Crippen molar-refractivity contribution < 1.29 is 39.5 Å². The predicted molar refractivity (Wildman–Crippen MR) is 133 cm³/mol. The lowest BCUT2D eigenvalue weighted by Gasteiger charge is -2.39. The second-order valence-corrected chi connectivity index (χ2v) is 8.73. The van der Waals surface area contributed by atoms with E-state index in [4.69, 9.17) is 15.2 Å². The van der Waals surface area contributed by atoms with E-state index in [0.29, 0.717) is 5.69 Å². The molecular weight excluding hydrogens is 490 g/mol. The van der Waals surface area contributed by atoms with Gasteiger partial charge in [0.2, 0.25) is 18.1 Å². The van der Waals surface area contributed by atoms with Crippen LogP contribution < -0.4 is 21.1 Å². The quantitative estimate of drug-likeness (QED) is 0.178. The van der Waals surface area contributed by atoms with E-state index in [1.54, 1.807) is 0 Å². The number of hydrogen-bond donors (Lipinski definition) is 8. The summed E-state index contributed by atoms with van der Waals surface area (Å²) in [4.78, 5) is 25.3. The summed E-state index contributed by atoms with van der Waals surface area (Å²) in [6.07, 6.45) is -6.79. The standard InChI is InChI=1S/C24H31N3O8S/c25-16(12-36)22(32)27-17(10-13-4-2-1-3-5-13)23(33)26-14-6-8-15(9-7-14)34-24-21(31)20(30)19(29)18(11-28)35-24/h1-9,16-21,24,28-31,36H,10-12,25H2,(H,26,33)(H,27,32)/t16-,17-,18+,19+,20-,21-,24-/m0/s1. The van der Waals surface area contributed by atoms with Crippen LogP contribution >= 0.6 is 12.6 Å². The molecule has 1 aliphatic rings. The minimum absolute atomic E-state index is 0.126. The summed E-state index contributed by atoms with van der Waals surface area (Å²) in [5, 5.41) is 44.6. The van der Waals surface area contributed by atoms with Crippen LogP contribution in [0, 0.1) is 0 Å². The normalized spacial score (nSPS) is 25.4. The summed E-state index contributed by atoms with van der Waals surface area (Å²) >= 11 is 4.03. The highest BCUT2D eigenvalue weighted by Gasteiger charge is 2.44. The van der Waals surface area contributed by atoms with Crippen LogP contribution in [-0.4, -0.2) is 87.4 Å². The Hall–Kier alpha value is -2.71.